The van der Waals surface area contributed by atoms with Crippen molar-refractivity contribution in [3.8, 4) is 0 Å². The summed E-state index contributed by atoms with van der Waals surface area (Å²) in [6, 6.07) is 2.15. The zero-order valence-electron chi connectivity index (χ0n) is 13.4. The normalized spacial score (nSPS) is 22.4. The third kappa shape index (κ3) is 2.84. The first kappa shape index (κ1) is 14.6. The first-order valence-corrected chi connectivity index (χ1v) is 8.02. The predicted molar refractivity (Wildman–Crippen MR) is 82.3 cm³/mol. The molecule has 2 saturated heterocycles. The van der Waals surface area contributed by atoms with Crippen LogP contribution >= 0.6 is 0 Å². The van der Waals surface area contributed by atoms with Gasteiger partial charge in [0.2, 0.25) is 0 Å². The lowest BCUT2D eigenvalue weighted by atomic mass is 9.78. The maximum Gasteiger partial charge on any atom is 0.274 e. The molecule has 1 amide bonds. The van der Waals surface area contributed by atoms with Crippen molar-refractivity contribution in [2.24, 2.45) is 5.41 Å². The minimum atomic E-state index is 0.102. The lowest BCUT2D eigenvalue weighted by Gasteiger charge is -2.37. The average Bonchev–Trinajstić information content (AvgIpc) is 3.10. The van der Waals surface area contributed by atoms with E-state index in [4.69, 9.17) is 0 Å². The van der Waals surface area contributed by atoms with E-state index < -0.39 is 0 Å². The summed E-state index contributed by atoms with van der Waals surface area (Å²) in [5, 5.41) is 4.42. The highest BCUT2D eigenvalue weighted by atomic mass is 16.2. The minimum absolute atomic E-state index is 0.102. The number of carbonyl (C=O) groups excluding carboxylic acids is 1. The summed E-state index contributed by atoms with van der Waals surface area (Å²) < 4.78 is 1.86. The fraction of sp³-hybridized carbons (Fsp3) is 0.750. The smallest absolute Gasteiger partial charge is 0.274 e. The number of hydrogen-bond donors (Lipinski definition) is 0. The molecule has 0 aliphatic carbocycles. The summed E-state index contributed by atoms with van der Waals surface area (Å²) in [7, 11) is 2.18. The fourth-order valence-electron chi connectivity index (χ4n) is 3.51. The van der Waals surface area contributed by atoms with E-state index in [0.29, 0.717) is 17.2 Å². The number of aromatic nitrogens is 2. The molecule has 1 aromatic rings. The van der Waals surface area contributed by atoms with Crippen molar-refractivity contribution in [2.75, 3.05) is 33.2 Å². The summed E-state index contributed by atoms with van der Waals surface area (Å²) in [6.45, 7) is 8.26. The highest BCUT2D eigenvalue weighted by Crippen LogP contribution is 2.40. The number of amides is 1. The van der Waals surface area contributed by atoms with Crippen LogP contribution in [0.1, 0.15) is 49.6 Å². The quantitative estimate of drug-likeness (QED) is 0.837. The zero-order valence-corrected chi connectivity index (χ0v) is 13.4. The van der Waals surface area contributed by atoms with Crippen LogP contribution in [-0.4, -0.2) is 58.7 Å². The second-order valence-corrected chi connectivity index (χ2v) is 7.05. The molecule has 1 spiro atoms. The van der Waals surface area contributed by atoms with Gasteiger partial charge < -0.3 is 9.80 Å². The van der Waals surface area contributed by atoms with Gasteiger partial charge in [-0.15, -0.1) is 0 Å². The molecule has 0 aromatic carbocycles. The summed E-state index contributed by atoms with van der Waals surface area (Å²) in [4.78, 5) is 17.0. The maximum atomic E-state index is 12.6. The van der Waals surface area contributed by atoms with E-state index in [-0.39, 0.29) is 5.91 Å². The van der Waals surface area contributed by atoms with Crippen molar-refractivity contribution < 1.29 is 4.79 Å². The van der Waals surface area contributed by atoms with E-state index in [2.05, 4.69) is 30.9 Å². The molecule has 21 heavy (non-hydrogen) atoms. The van der Waals surface area contributed by atoms with Crippen molar-refractivity contribution in [1.29, 1.82) is 0 Å². The van der Waals surface area contributed by atoms with Gasteiger partial charge in [0.05, 0.1) is 0 Å². The Hall–Kier alpha value is -1.36. The summed E-state index contributed by atoms with van der Waals surface area (Å²) in [6.07, 6.45) is 5.48. The minimum Gasteiger partial charge on any atom is -0.337 e. The van der Waals surface area contributed by atoms with Crippen LogP contribution in [0.2, 0.25) is 0 Å². The molecule has 0 bridgehead atoms. The van der Waals surface area contributed by atoms with Crippen LogP contribution in [0.4, 0.5) is 0 Å². The van der Waals surface area contributed by atoms with E-state index in [1.807, 2.05) is 21.8 Å². The second-order valence-electron chi connectivity index (χ2n) is 7.05. The Balaban J connectivity index is 1.66. The molecule has 2 aliphatic rings. The van der Waals surface area contributed by atoms with Crippen molar-refractivity contribution in [3.63, 3.8) is 0 Å². The average molecular weight is 290 g/mol. The second kappa shape index (κ2) is 5.44. The Morgan fingerprint density at radius 1 is 1.24 bits per heavy atom. The molecule has 3 heterocycles. The van der Waals surface area contributed by atoms with Gasteiger partial charge in [-0.3, -0.25) is 9.48 Å². The van der Waals surface area contributed by atoms with Crippen LogP contribution in [0, 0.1) is 5.41 Å². The summed E-state index contributed by atoms with van der Waals surface area (Å²) in [5.41, 5.74) is 0.955. The van der Waals surface area contributed by atoms with E-state index in [0.717, 1.165) is 32.6 Å². The molecule has 0 saturated carbocycles. The van der Waals surface area contributed by atoms with Crippen LogP contribution < -0.4 is 0 Å². The van der Waals surface area contributed by atoms with Crippen molar-refractivity contribution in [1.82, 2.24) is 19.6 Å². The highest BCUT2D eigenvalue weighted by molar-refractivity contribution is 5.92. The predicted octanol–water partition coefficient (Wildman–Crippen LogP) is 2.02. The SMILES string of the molecule is CC(C)n1ccc(C(=O)N2CCC3(CCN(C)CC3)C2)n1. The molecule has 0 unspecified atom stereocenters. The molecule has 2 fully saturated rings. The number of likely N-dealkylation sites (tertiary alicyclic amines) is 2. The van der Waals surface area contributed by atoms with Gasteiger partial charge in [-0.05, 0) is 64.7 Å². The third-order valence-electron chi connectivity index (χ3n) is 5.13. The Labute approximate surface area is 126 Å². The molecule has 0 atom stereocenters. The Morgan fingerprint density at radius 3 is 2.52 bits per heavy atom. The van der Waals surface area contributed by atoms with E-state index >= 15 is 0 Å². The maximum absolute atomic E-state index is 12.6. The lowest BCUT2D eigenvalue weighted by Crippen LogP contribution is -2.40. The van der Waals surface area contributed by atoms with E-state index in [9.17, 15) is 4.79 Å². The highest BCUT2D eigenvalue weighted by Gasteiger charge is 2.41. The van der Waals surface area contributed by atoms with Crippen molar-refractivity contribution >= 4 is 5.91 Å². The van der Waals surface area contributed by atoms with Crippen LogP contribution in [0.15, 0.2) is 12.3 Å². The standard InChI is InChI=1S/C16H26N4O/c1-13(2)20-8-4-14(17-20)15(21)19-11-7-16(12-19)5-9-18(3)10-6-16/h4,8,13H,5-7,9-12H2,1-3H3. The summed E-state index contributed by atoms with van der Waals surface area (Å²) >= 11 is 0. The molecule has 116 valence electrons. The van der Waals surface area contributed by atoms with Gasteiger partial charge in [0.15, 0.2) is 0 Å². The van der Waals surface area contributed by atoms with Gasteiger partial charge in [-0.2, -0.15) is 5.10 Å². The Morgan fingerprint density at radius 2 is 1.90 bits per heavy atom. The van der Waals surface area contributed by atoms with E-state index in [1.165, 1.54) is 12.8 Å². The molecule has 0 N–H and O–H groups in total. The molecular formula is C16H26N4O. The molecule has 5 nitrogen and oxygen atoms in total. The van der Waals surface area contributed by atoms with Crippen LogP contribution in [0.3, 0.4) is 0 Å². The van der Waals surface area contributed by atoms with Gasteiger partial charge in [0, 0.05) is 25.3 Å². The molecule has 3 rings (SSSR count). The summed E-state index contributed by atoms with van der Waals surface area (Å²) in [5.74, 6) is 0.102. The number of hydrogen-bond acceptors (Lipinski definition) is 3. The van der Waals surface area contributed by atoms with Crippen molar-refractivity contribution in [3.05, 3.63) is 18.0 Å². The molecule has 0 radical (unpaired) electrons. The van der Waals surface area contributed by atoms with Gasteiger partial charge in [-0.1, -0.05) is 0 Å². The third-order valence-corrected chi connectivity index (χ3v) is 5.13. The molecular weight excluding hydrogens is 264 g/mol. The van der Waals surface area contributed by atoms with Crippen molar-refractivity contribution in [2.45, 2.75) is 39.2 Å². The Bertz CT molecular complexity index is 514. The van der Waals surface area contributed by atoms with Gasteiger partial charge >= 0.3 is 0 Å². The Kier molecular flexibility index (Phi) is 3.78. The van der Waals surface area contributed by atoms with Gasteiger partial charge in [0.25, 0.3) is 5.91 Å². The largest absolute Gasteiger partial charge is 0.337 e. The van der Waals surface area contributed by atoms with E-state index in [1.54, 1.807) is 0 Å². The number of nitrogens with zero attached hydrogens (tertiary/aromatic N) is 4. The number of carbonyl (C=O) groups is 1. The molecule has 2 aliphatic heterocycles. The van der Waals surface area contributed by atoms with Crippen LogP contribution in [0.5, 0.6) is 0 Å². The zero-order chi connectivity index (χ0) is 15.0. The monoisotopic (exact) mass is 290 g/mol. The van der Waals surface area contributed by atoms with Gasteiger partial charge in [-0.25, -0.2) is 0 Å². The molecule has 1 aromatic heterocycles. The lowest BCUT2D eigenvalue weighted by molar-refractivity contribution is 0.0730. The first-order valence-electron chi connectivity index (χ1n) is 8.02. The van der Waals surface area contributed by atoms with Crippen LogP contribution in [-0.2, 0) is 0 Å². The fourth-order valence-corrected chi connectivity index (χ4v) is 3.51. The molecule has 5 heteroatoms. The number of piperidine rings is 1. The van der Waals surface area contributed by atoms with Gasteiger partial charge in [0.1, 0.15) is 5.69 Å². The number of rotatable bonds is 2. The topological polar surface area (TPSA) is 41.4 Å². The first-order chi connectivity index (χ1) is 9.99. The van der Waals surface area contributed by atoms with Crippen LogP contribution in [0.25, 0.3) is 0 Å².